The lowest BCUT2D eigenvalue weighted by atomic mass is 9.86. The van der Waals surface area contributed by atoms with E-state index in [1.807, 2.05) is 0 Å². The molecule has 310 valence electrons. The summed E-state index contributed by atoms with van der Waals surface area (Å²) in [7, 11) is 19.0. The highest BCUT2D eigenvalue weighted by Gasteiger charge is 2.38. The Bertz CT molecular complexity index is 2130. The first kappa shape index (κ1) is 42.2. The van der Waals surface area contributed by atoms with E-state index < -0.39 is 0 Å². The van der Waals surface area contributed by atoms with Gasteiger partial charge in [0.05, 0.1) is 137 Å². The zero-order valence-corrected chi connectivity index (χ0v) is 34.7. The van der Waals surface area contributed by atoms with Crippen LogP contribution in [-0.4, -0.2) is 103 Å². The summed E-state index contributed by atoms with van der Waals surface area (Å²) in [5.74, 6) is 2.51. The van der Waals surface area contributed by atoms with Crippen molar-refractivity contribution < 1.29 is 71.8 Å². The quantitative estimate of drug-likeness (QED) is 0.0934. The van der Waals surface area contributed by atoms with Gasteiger partial charge in [-0.15, -0.1) is 0 Å². The van der Waals surface area contributed by atoms with E-state index in [-0.39, 0.29) is 108 Å². The number of phenols is 2. The third-order valence-electron chi connectivity index (χ3n) is 9.58. The Morgan fingerprint density at radius 1 is 0.259 bits per heavy atom. The predicted octanol–water partition coefficient (Wildman–Crippen LogP) is 7.88. The zero-order chi connectivity index (χ0) is 42.4. The van der Waals surface area contributed by atoms with Crippen LogP contribution in [0.25, 0.3) is 44.5 Å². The molecule has 5 rings (SSSR count). The highest BCUT2D eigenvalue weighted by atomic mass is 16.5. The highest BCUT2D eigenvalue weighted by Crippen LogP contribution is 2.65. The molecule has 0 radical (unpaired) electrons. The minimum atomic E-state index is -0.351. The summed E-state index contributed by atoms with van der Waals surface area (Å²) in [6.07, 6.45) is 0. The fourth-order valence-corrected chi connectivity index (χ4v) is 7.01. The van der Waals surface area contributed by atoms with E-state index in [9.17, 15) is 10.2 Å². The van der Waals surface area contributed by atoms with Crippen molar-refractivity contribution in [1.82, 2.24) is 0 Å². The lowest BCUT2D eigenvalue weighted by molar-refractivity contribution is 0.369. The van der Waals surface area contributed by atoms with Crippen molar-refractivity contribution in [3.8, 4) is 131 Å². The third-order valence-corrected chi connectivity index (χ3v) is 9.58. The molecule has 0 aliphatic heterocycles. The van der Waals surface area contributed by atoms with Crippen LogP contribution in [0.3, 0.4) is 0 Å². The molecule has 0 aliphatic carbocycles. The van der Waals surface area contributed by atoms with Crippen LogP contribution < -0.4 is 61.6 Å². The molecular weight excluding hydrogens is 756 g/mol. The zero-order valence-electron chi connectivity index (χ0n) is 34.7. The molecule has 0 aromatic heterocycles. The van der Waals surface area contributed by atoms with E-state index in [0.717, 1.165) is 0 Å². The monoisotopic (exact) mass is 804 g/mol. The lowest BCUT2D eigenvalue weighted by Crippen LogP contribution is -2.06. The van der Waals surface area contributed by atoms with Gasteiger partial charge in [-0.1, -0.05) is 0 Å². The van der Waals surface area contributed by atoms with Crippen LogP contribution >= 0.6 is 0 Å². The van der Waals surface area contributed by atoms with Gasteiger partial charge in [-0.2, -0.15) is 0 Å². The molecule has 0 atom stereocenters. The number of benzene rings is 5. The van der Waals surface area contributed by atoms with Crippen molar-refractivity contribution in [2.45, 2.75) is 0 Å². The Kier molecular flexibility index (Phi) is 13.1. The summed E-state index contributed by atoms with van der Waals surface area (Å²) in [4.78, 5) is 0. The number of ether oxygens (including phenoxy) is 13. The van der Waals surface area contributed by atoms with Crippen molar-refractivity contribution in [3.05, 3.63) is 42.5 Å². The van der Waals surface area contributed by atoms with E-state index in [1.165, 1.54) is 98.5 Å². The number of hydrogen-bond donors (Lipinski definition) is 2. The summed E-state index contributed by atoms with van der Waals surface area (Å²) in [5, 5.41) is 24.7. The van der Waals surface area contributed by atoms with Crippen molar-refractivity contribution in [2.75, 3.05) is 92.4 Å². The molecule has 0 heterocycles. The molecule has 58 heavy (non-hydrogen) atoms. The number of aromatic hydroxyl groups is 2. The molecule has 0 saturated heterocycles. The summed E-state index contributed by atoms with van der Waals surface area (Å²) in [6.45, 7) is 0. The van der Waals surface area contributed by atoms with Gasteiger partial charge >= 0.3 is 0 Å². The molecule has 0 amide bonds. The molecular formula is C43H48O15. The Hall–Kier alpha value is -6.90. The summed E-state index contributed by atoms with van der Waals surface area (Å²) in [5.41, 5.74) is 1.58. The smallest absolute Gasteiger partial charge is 0.142 e. The van der Waals surface area contributed by atoms with Gasteiger partial charge in [0.2, 0.25) is 0 Å². The largest absolute Gasteiger partial charge is 0.507 e. The SMILES string of the molecule is COc1cc(OC)c(-c2c(O)cc(OC)c(-c3c(OC)c(-c4c(OC)cc(OC)cc4OC)c(O)c(-c4c(OC)cc(OC)cc4OC)c3OC)c2OC)c(OC)c1. The standard InChI is InChI=1S/C43H48O15/c1-46-21-14-25(49-4)33(26(15-21)50-5)32-24(44)20-31(55-10)36(41(32)56-11)39-42(57-12)37(34-27(51-6)16-22(47-2)17-28(34)52-7)40(45)38(43(39)58-13)35-29(53-8)18-23(48-3)19-30(35)54-9/h14-20,44-45H,1-13H3. The van der Waals surface area contributed by atoms with Crippen LogP contribution in [0.15, 0.2) is 42.5 Å². The van der Waals surface area contributed by atoms with E-state index in [0.29, 0.717) is 22.8 Å². The van der Waals surface area contributed by atoms with Crippen LogP contribution in [-0.2, 0) is 0 Å². The van der Waals surface area contributed by atoms with Gasteiger partial charge in [-0.3, -0.25) is 0 Å². The Balaban J connectivity index is 2.18. The molecule has 0 aliphatic rings. The second-order valence-corrected chi connectivity index (χ2v) is 12.1. The average Bonchev–Trinajstić information content (AvgIpc) is 3.26. The maximum atomic E-state index is 12.8. The van der Waals surface area contributed by atoms with E-state index in [1.54, 1.807) is 36.4 Å². The van der Waals surface area contributed by atoms with Gasteiger partial charge in [-0.05, 0) is 0 Å². The van der Waals surface area contributed by atoms with E-state index in [2.05, 4.69) is 0 Å². The molecule has 5 aromatic carbocycles. The summed E-state index contributed by atoms with van der Waals surface area (Å²) >= 11 is 0. The Morgan fingerprint density at radius 2 is 0.517 bits per heavy atom. The van der Waals surface area contributed by atoms with Crippen LogP contribution in [0.5, 0.6) is 86.2 Å². The first-order chi connectivity index (χ1) is 28.0. The number of rotatable bonds is 17. The molecule has 0 unspecified atom stereocenters. The summed E-state index contributed by atoms with van der Waals surface area (Å²) < 4.78 is 76.8. The molecule has 0 spiro atoms. The second-order valence-electron chi connectivity index (χ2n) is 12.1. The number of phenolic OH excluding ortho intramolecular Hbond substituents is 2. The first-order valence-corrected chi connectivity index (χ1v) is 17.4. The second kappa shape index (κ2) is 17.9. The molecule has 2 N–H and O–H groups in total. The normalized spacial score (nSPS) is 10.6. The van der Waals surface area contributed by atoms with Gasteiger partial charge in [0.15, 0.2) is 0 Å². The summed E-state index contributed by atoms with van der Waals surface area (Å²) in [6, 6.07) is 11.2. The molecule has 0 saturated carbocycles. The van der Waals surface area contributed by atoms with Gasteiger partial charge in [-0.25, -0.2) is 0 Å². The molecule has 15 heteroatoms. The van der Waals surface area contributed by atoms with Crippen LogP contribution in [0, 0.1) is 0 Å². The number of methoxy groups -OCH3 is 13. The predicted molar refractivity (Wildman–Crippen MR) is 217 cm³/mol. The van der Waals surface area contributed by atoms with Crippen molar-refractivity contribution in [2.24, 2.45) is 0 Å². The molecule has 0 fully saturated rings. The van der Waals surface area contributed by atoms with Crippen molar-refractivity contribution in [1.29, 1.82) is 0 Å². The minimum Gasteiger partial charge on any atom is -0.507 e. The van der Waals surface area contributed by atoms with Crippen molar-refractivity contribution >= 4 is 0 Å². The van der Waals surface area contributed by atoms with Crippen LogP contribution in [0.4, 0.5) is 0 Å². The van der Waals surface area contributed by atoms with Crippen LogP contribution in [0.2, 0.25) is 0 Å². The Morgan fingerprint density at radius 3 is 0.776 bits per heavy atom. The fourth-order valence-electron chi connectivity index (χ4n) is 7.01. The van der Waals surface area contributed by atoms with Crippen LogP contribution in [0.1, 0.15) is 0 Å². The fraction of sp³-hybridized carbons (Fsp3) is 0.302. The van der Waals surface area contributed by atoms with Gasteiger partial charge in [0, 0.05) is 42.5 Å². The van der Waals surface area contributed by atoms with E-state index in [4.69, 9.17) is 61.6 Å². The molecule has 0 bridgehead atoms. The molecule has 5 aromatic rings. The minimum absolute atomic E-state index is 0.0493. The Labute approximate surface area is 336 Å². The highest BCUT2D eigenvalue weighted by molar-refractivity contribution is 6.06. The average molecular weight is 805 g/mol. The molecule has 15 nitrogen and oxygen atoms in total. The maximum absolute atomic E-state index is 12.8. The first-order valence-electron chi connectivity index (χ1n) is 17.4. The lowest BCUT2D eigenvalue weighted by Gasteiger charge is -2.28. The maximum Gasteiger partial charge on any atom is 0.142 e. The van der Waals surface area contributed by atoms with Crippen molar-refractivity contribution in [3.63, 3.8) is 0 Å². The van der Waals surface area contributed by atoms with E-state index >= 15 is 0 Å². The van der Waals surface area contributed by atoms with Gasteiger partial charge < -0.3 is 71.8 Å². The van der Waals surface area contributed by atoms with Gasteiger partial charge in [0.25, 0.3) is 0 Å². The third kappa shape index (κ3) is 7.03. The number of hydrogen-bond acceptors (Lipinski definition) is 15. The van der Waals surface area contributed by atoms with Gasteiger partial charge in [0.1, 0.15) is 86.2 Å². The topological polar surface area (TPSA) is 160 Å².